The van der Waals surface area contributed by atoms with Gasteiger partial charge in [0.15, 0.2) is 0 Å². The van der Waals surface area contributed by atoms with Crippen LogP contribution >= 0.6 is 11.3 Å². The maximum Gasteiger partial charge on any atom is 0.407 e. The number of likely N-dealkylation sites (tertiary alicyclic amines) is 1. The number of amides is 1. The Morgan fingerprint density at radius 1 is 1.16 bits per heavy atom. The average Bonchev–Trinajstić information content (AvgIpc) is 3.19. The highest BCUT2D eigenvalue weighted by molar-refractivity contribution is 7.09. The summed E-state index contributed by atoms with van der Waals surface area (Å²) in [7, 11) is 0. The Bertz CT molecular complexity index is 865. The van der Waals surface area contributed by atoms with Crippen LogP contribution in [-0.4, -0.2) is 40.3 Å². The summed E-state index contributed by atoms with van der Waals surface area (Å²) >= 11 is 1.60. The number of nitrogens with zero attached hydrogens (tertiary/aromatic N) is 2. The lowest BCUT2D eigenvalue weighted by atomic mass is 9.80. The van der Waals surface area contributed by atoms with Gasteiger partial charge in [0.2, 0.25) is 0 Å². The van der Waals surface area contributed by atoms with Crippen LogP contribution in [0.25, 0.3) is 0 Å². The van der Waals surface area contributed by atoms with Crippen molar-refractivity contribution in [2.24, 2.45) is 5.92 Å². The third-order valence-corrected chi connectivity index (χ3v) is 7.23. The minimum Gasteiger partial charge on any atom is -0.494 e. The predicted molar refractivity (Wildman–Crippen MR) is 131 cm³/mol. The molecule has 2 heterocycles. The van der Waals surface area contributed by atoms with Crippen LogP contribution in [0.4, 0.5) is 4.79 Å². The minimum atomic E-state index is -0.817. The summed E-state index contributed by atoms with van der Waals surface area (Å²) in [6.07, 6.45) is 4.50. The predicted octanol–water partition coefficient (Wildman–Crippen LogP) is 6.51. The molecule has 0 aliphatic carbocycles. The molecule has 1 fully saturated rings. The summed E-state index contributed by atoms with van der Waals surface area (Å²) in [5, 5.41) is 9.62. The maximum absolute atomic E-state index is 11.7. The van der Waals surface area contributed by atoms with Crippen LogP contribution in [0.5, 0.6) is 5.75 Å². The van der Waals surface area contributed by atoms with E-state index in [1.54, 1.807) is 16.2 Å². The smallest absolute Gasteiger partial charge is 0.407 e. The quantitative estimate of drug-likeness (QED) is 0.536. The zero-order valence-electron chi connectivity index (χ0n) is 20.4. The third-order valence-electron chi connectivity index (χ3n) is 6.42. The van der Waals surface area contributed by atoms with Gasteiger partial charge in [-0.25, -0.2) is 4.79 Å². The Hall–Kier alpha value is -2.08. The summed E-state index contributed by atoms with van der Waals surface area (Å²) in [4.78, 5) is 18.6. The molecule has 1 aliphatic heterocycles. The van der Waals surface area contributed by atoms with E-state index < -0.39 is 6.09 Å². The van der Waals surface area contributed by atoms with Gasteiger partial charge in [0.25, 0.3) is 0 Å². The first-order valence-electron chi connectivity index (χ1n) is 11.6. The lowest BCUT2D eigenvalue weighted by molar-refractivity contribution is 0.0845. The lowest BCUT2D eigenvalue weighted by Crippen LogP contribution is -2.46. The Kier molecular flexibility index (Phi) is 7.53. The monoisotopic (exact) mass is 458 g/mol. The number of thiazole rings is 1. The number of carbonyl (C=O) groups is 1. The van der Waals surface area contributed by atoms with E-state index in [2.05, 4.69) is 64.7 Å². The molecule has 1 saturated heterocycles. The maximum atomic E-state index is 11.7. The highest BCUT2D eigenvalue weighted by atomic mass is 32.1. The second-order valence-electron chi connectivity index (χ2n) is 11.1. The SMILES string of the molecule is CC(C)(C)c1cc(OCCC2CCN(C(=O)O)C(Cc3cncs3)C2)cc(C(C)(C)C)c1. The zero-order valence-corrected chi connectivity index (χ0v) is 21.2. The molecule has 1 N–H and O–H groups in total. The first-order chi connectivity index (χ1) is 14.9. The fourth-order valence-electron chi connectivity index (χ4n) is 4.31. The highest BCUT2D eigenvalue weighted by Gasteiger charge is 2.32. The zero-order chi connectivity index (χ0) is 23.5. The number of ether oxygens (including phenoxy) is 1. The van der Waals surface area contributed by atoms with Gasteiger partial charge in [0.05, 0.1) is 12.1 Å². The van der Waals surface area contributed by atoms with E-state index in [0.29, 0.717) is 19.1 Å². The van der Waals surface area contributed by atoms with Gasteiger partial charge in [-0.1, -0.05) is 47.6 Å². The molecule has 1 aromatic heterocycles. The first kappa shape index (κ1) is 24.6. The van der Waals surface area contributed by atoms with Crippen LogP contribution in [0, 0.1) is 5.92 Å². The molecule has 1 aromatic carbocycles. The second-order valence-corrected chi connectivity index (χ2v) is 12.0. The third kappa shape index (κ3) is 6.47. The molecule has 2 aromatic rings. The van der Waals surface area contributed by atoms with E-state index in [1.165, 1.54) is 11.1 Å². The molecule has 6 heteroatoms. The van der Waals surface area contributed by atoms with Gasteiger partial charge in [-0.3, -0.25) is 4.98 Å². The minimum absolute atomic E-state index is 0.0170. The van der Waals surface area contributed by atoms with Gasteiger partial charge < -0.3 is 14.7 Å². The Morgan fingerprint density at radius 3 is 2.34 bits per heavy atom. The molecule has 2 unspecified atom stereocenters. The fourth-order valence-corrected chi connectivity index (χ4v) is 4.98. The Labute approximate surface area is 196 Å². The molecule has 2 atom stereocenters. The van der Waals surface area contributed by atoms with E-state index >= 15 is 0 Å². The van der Waals surface area contributed by atoms with Crippen molar-refractivity contribution in [2.45, 2.75) is 84.1 Å². The summed E-state index contributed by atoms with van der Waals surface area (Å²) in [5.41, 5.74) is 4.52. The number of piperidine rings is 1. The summed E-state index contributed by atoms with van der Waals surface area (Å²) in [6.45, 7) is 14.7. The van der Waals surface area contributed by atoms with Crippen LogP contribution in [0.3, 0.4) is 0 Å². The molecule has 1 amide bonds. The Balaban J connectivity index is 1.64. The lowest BCUT2D eigenvalue weighted by Gasteiger charge is -2.37. The number of hydrogen-bond donors (Lipinski definition) is 1. The van der Waals surface area contributed by atoms with Crippen molar-refractivity contribution in [3.63, 3.8) is 0 Å². The Morgan fingerprint density at radius 2 is 1.81 bits per heavy atom. The topological polar surface area (TPSA) is 62.7 Å². The molecule has 0 saturated carbocycles. The highest BCUT2D eigenvalue weighted by Crippen LogP contribution is 2.34. The van der Waals surface area contributed by atoms with E-state index in [-0.39, 0.29) is 16.9 Å². The molecule has 32 heavy (non-hydrogen) atoms. The van der Waals surface area contributed by atoms with Gasteiger partial charge in [-0.05, 0) is 59.3 Å². The van der Waals surface area contributed by atoms with Crippen molar-refractivity contribution < 1.29 is 14.6 Å². The number of benzene rings is 1. The van der Waals surface area contributed by atoms with Crippen molar-refractivity contribution in [1.82, 2.24) is 9.88 Å². The van der Waals surface area contributed by atoms with Gasteiger partial charge in [0.1, 0.15) is 5.75 Å². The molecule has 0 spiro atoms. The summed E-state index contributed by atoms with van der Waals surface area (Å²) in [6, 6.07) is 6.67. The molecule has 0 bridgehead atoms. The van der Waals surface area contributed by atoms with Crippen LogP contribution in [-0.2, 0) is 17.3 Å². The summed E-state index contributed by atoms with van der Waals surface area (Å²) in [5.74, 6) is 1.41. The second kappa shape index (κ2) is 9.82. The van der Waals surface area contributed by atoms with Crippen molar-refractivity contribution in [3.8, 4) is 5.75 Å². The molecule has 0 radical (unpaired) electrons. The number of rotatable bonds is 6. The van der Waals surface area contributed by atoms with Crippen LogP contribution in [0.1, 0.15) is 76.8 Å². The number of hydrogen-bond acceptors (Lipinski definition) is 4. The van der Waals surface area contributed by atoms with Gasteiger partial charge in [-0.15, -0.1) is 11.3 Å². The molecule has 5 nitrogen and oxygen atoms in total. The average molecular weight is 459 g/mol. The first-order valence-corrected chi connectivity index (χ1v) is 12.5. The van der Waals surface area contributed by atoms with Crippen molar-refractivity contribution in [2.75, 3.05) is 13.2 Å². The fraction of sp³-hybridized carbons (Fsp3) is 0.615. The number of carboxylic acid groups (broad SMARTS) is 1. The standard InChI is InChI=1S/C26H38N2O3S/c1-25(2,3)19-12-20(26(4,5)6)14-22(13-19)31-10-8-18-7-9-28(24(29)30)21(11-18)15-23-16-27-17-32-23/h12-14,16-18,21H,7-11,15H2,1-6H3,(H,29,30). The van der Waals surface area contributed by atoms with Crippen molar-refractivity contribution in [1.29, 1.82) is 0 Å². The van der Waals surface area contributed by atoms with Crippen LogP contribution in [0.15, 0.2) is 29.9 Å². The number of aromatic nitrogens is 1. The normalized spacial score (nSPS) is 19.8. The van der Waals surface area contributed by atoms with Crippen LogP contribution < -0.4 is 4.74 Å². The van der Waals surface area contributed by atoms with Crippen LogP contribution in [0.2, 0.25) is 0 Å². The molecular formula is C26H38N2O3S. The van der Waals surface area contributed by atoms with Crippen molar-refractivity contribution in [3.05, 3.63) is 45.9 Å². The summed E-state index contributed by atoms with van der Waals surface area (Å²) < 4.78 is 6.26. The van der Waals surface area contributed by atoms with Gasteiger partial charge in [0, 0.05) is 30.1 Å². The van der Waals surface area contributed by atoms with E-state index in [4.69, 9.17) is 4.74 Å². The van der Waals surface area contributed by atoms with Crippen molar-refractivity contribution >= 4 is 17.4 Å². The van der Waals surface area contributed by atoms with Gasteiger partial charge in [-0.2, -0.15) is 0 Å². The molecule has 1 aliphatic rings. The van der Waals surface area contributed by atoms with E-state index in [1.807, 2.05) is 11.7 Å². The molecular weight excluding hydrogens is 420 g/mol. The molecule has 3 rings (SSSR count). The van der Waals surface area contributed by atoms with Gasteiger partial charge >= 0.3 is 6.09 Å². The van der Waals surface area contributed by atoms with E-state index in [0.717, 1.165) is 36.3 Å². The van der Waals surface area contributed by atoms with E-state index in [9.17, 15) is 9.90 Å². The molecule has 176 valence electrons. The largest absolute Gasteiger partial charge is 0.494 e.